The molecular weight excluding hydrogens is 280 g/mol. The van der Waals surface area contributed by atoms with Crippen LogP contribution in [-0.2, 0) is 0 Å². The normalized spacial score (nSPS) is 10.8. The van der Waals surface area contributed by atoms with Crippen LogP contribution in [0.3, 0.4) is 0 Å². The molecule has 0 bridgehead atoms. The molecule has 7 heteroatoms. The van der Waals surface area contributed by atoms with Gasteiger partial charge in [-0.2, -0.15) is 0 Å². The maximum atomic E-state index is 13.4. The summed E-state index contributed by atoms with van der Waals surface area (Å²) in [6, 6.07) is 3.75. The molecular formula is C14H11F2N3O2. The van der Waals surface area contributed by atoms with Gasteiger partial charge in [0.15, 0.2) is 11.6 Å². The molecule has 0 saturated carbocycles. The summed E-state index contributed by atoms with van der Waals surface area (Å²) < 4.78 is 26.5. The molecule has 1 heterocycles. The minimum atomic E-state index is -0.988. The first-order chi connectivity index (χ1) is 10.0. The van der Waals surface area contributed by atoms with E-state index < -0.39 is 23.1 Å². The monoisotopic (exact) mass is 291 g/mol. The van der Waals surface area contributed by atoms with Gasteiger partial charge >= 0.3 is 0 Å². The summed E-state index contributed by atoms with van der Waals surface area (Å²) in [7, 11) is 1.39. The van der Waals surface area contributed by atoms with E-state index >= 15 is 0 Å². The average molecular weight is 291 g/mol. The zero-order chi connectivity index (χ0) is 15.4. The maximum Gasteiger partial charge on any atom is 0.263 e. The third-order valence-corrected chi connectivity index (χ3v) is 2.69. The number of H-pyrrole nitrogens is 1. The fourth-order valence-corrected chi connectivity index (χ4v) is 1.61. The van der Waals surface area contributed by atoms with Crippen molar-refractivity contribution in [2.24, 2.45) is 0 Å². The highest BCUT2D eigenvalue weighted by molar-refractivity contribution is 5.93. The third kappa shape index (κ3) is 3.19. The maximum absolute atomic E-state index is 13.4. The molecule has 2 N–H and O–H groups in total. The number of hydrogen-bond acceptors (Lipinski definition) is 3. The second-order valence-corrected chi connectivity index (χ2v) is 4.07. The number of carbonyl (C=O) groups is 1. The zero-order valence-corrected chi connectivity index (χ0v) is 11.0. The van der Waals surface area contributed by atoms with Gasteiger partial charge in [0.05, 0.1) is 0 Å². The van der Waals surface area contributed by atoms with Gasteiger partial charge in [0.1, 0.15) is 11.4 Å². The number of nitrogens with zero attached hydrogens (tertiary/aromatic N) is 1. The van der Waals surface area contributed by atoms with E-state index in [4.69, 9.17) is 0 Å². The highest BCUT2D eigenvalue weighted by Crippen LogP contribution is 2.13. The lowest BCUT2D eigenvalue weighted by atomic mass is 10.2. The summed E-state index contributed by atoms with van der Waals surface area (Å²) in [5.74, 6) is -2.39. The molecule has 5 nitrogen and oxygen atoms in total. The molecule has 2 aromatic rings. The smallest absolute Gasteiger partial charge is 0.263 e. The Bertz CT molecular complexity index is 769. The Morgan fingerprint density at radius 3 is 2.76 bits per heavy atom. The molecule has 0 radical (unpaired) electrons. The molecule has 21 heavy (non-hydrogen) atoms. The predicted molar refractivity (Wildman–Crippen MR) is 73.5 cm³/mol. The Labute approximate surface area is 118 Å². The molecule has 0 saturated heterocycles. The van der Waals surface area contributed by atoms with Crippen LogP contribution in [0.1, 0.15) is 21.7 Å². The van der Waals surface area contributed by atoms with Gasteiger partial charge < -0.3 is 10.3 Å². The Balaban J connectivity index is 2.30. The molecule has 108 valence electrons. The first-order valence-electron chi connectivity index (χ1n) is 5.96. The molecule has 0 unspecified atom stereocenters. The lowest BCUT2D eigenvalue weighted by Gasteiger charge is -2.00. The standard InChI is InChI=1S/C14H11F2N3O2/c1-17-13(20)9-7-18-11(19-14(9)21)6-5-8-3-2-4-10(15)12(8)16/h2-7H,1H3,(H,17,20)(H,18,19,21)/b6-5+. The summed E-state index contributed by atoms with van der Waals surface area (Å²) in [4.78, 5) is 29.2. The quantitative estimate of drug-likeness (QED) is 0.901. The van der Waals surface area contributed by atoms with Crippen molar-refractivity contribution in [2.45, 2.75) is 0 Å². The van der Waals surface area contributed by atoms with E-state index in [1.54, 1.807) is 0 Å². The van der Waals surface area contributed by atoms with E-state index in [2.05, 4.69) is 15.3 Å². The fourth-order valence-electron chi connectivity index (χ4n) is 1.61. The summed E-state index contributed by atoms with van der Waals surface area (Å²) in [5, 5.41) is 2.30. The molecule has 0 spiro atoms. The molecule has 2 rings (SSSR count). The van der Waals surface area contributed by atoms with Crippen LogP contribution in [0.25, 0.3) is 12.2 Å². The largest absolute Gasteiger partial charge is 0.355 e. The molecule has 0 fully saturated rings. The van der Waals surface area contributed by atoms with E-state index in [1.165, 1.54) is 31.3 Å². The summed E-state index contributed by atoms with van der Waals surface area (Å²) >= 11 is 0. The number of amides is 1. The number of rotatable bonds is 3. The molecule has 1 amide bonds. The van der Waals surface area contributed by atoms with E-state index in [1.807, 2.05) is 0 Å². The lowest BCUT2D eigenvalue weighted by Crippen LogP contribution is -2.27. The van der Waals surface area contributed by atoms with Gasteiger partial charge in [-0.1, -0.05) is 12.1 Å². The van der Waals surface area contributed by atoms with Crippen molar-refractivity contribution in [3.63, 3.8) is 0 Å². The molecule has 1 aromatic heterocycles. The van der Waals surface area contributed by atoms with Crippen LogP contribution in [0.2, 0.25) is 0 Å². The van der Waals surface area contributed by atoms with Crippen LogP contribution in [0.5, 0.6) is 0 Å². The topological polar surface area (TPSA) is 74.8 Å². The molecule has 1 aromatic carbocycles. The van der Waals surface area contributed by atoms with Crippen molar-refractivity contribution in [3.8, 4) is 0 Å². The highest BCUT2D eigenvalue weighted by atomic mass is 19.2. The van der Waals surface area contributed by atoms with Gasteiger partial charge in [0.25, 0.3) is 11.5 Å². The number of halogens is 2. The summed E-state index contributed by atoms with van der Waals surface area (Å²) in [5.41, 5.74) is -0.733. The minimum Gasteiger partial charge on any atom is -0.355 e. The highest BCUT2D eigenvalue weighted by Gasteiger charge is 2.09. The van der Waals surface area contributed by atoms with Gasteiger partial charge in [0.2, 0.25) is 0 Å². The number of hydrogen-bond donors (Lipinski definition) is 2. The predicted octanol–water partition coefficient (Wildman–Crippen LogP) is 1.58. The van der Waals surface area contributed by atoms with Crippen LogP contribution < -0.4 is 10.9 Å². The SMILES string of the molecule is CNC(=O)c1cnc(/C=C/c2cccc(F)c2F)[nH]c1=O. The Morgan fingerprint density at radius 1 is 1.33 bits per heavy atom. The number of carbonyl (C=O) groups excluding carboxylic acids is 1. The Hall–Kier alpha value is -2.83. The molecule has 0 atom stereocenters. The number of nitrogens with one attached hydrogen (secondary N) is 2. The van der Waals surface area contributed by atoms with Gasteiger partial charge in [-0.3, -0.25) is 9.59 Å². The lowest BCUT2D eigenvalue weighted by molar-refractivity contribution is 0.0961. The minimum absolute atomic E-state index is 0.0213. The van der Waals surface area contributed by atoms with Crippen LogP contribution in [-0.4, -0.2) is 22.9 Å². The van der Waals surface area contributed by atoms with Crippen molar-refractivity contribution < 1.29 is 13.6 Å². The molecule has 0 aliphatic heterocycles. The van der Waals surface area contributed by atoms with E-state index in [9.17, 15) is 18.4 Å². The number of aromatic amines is 1. The summed E-state index contributed by atoms with van der Waals surface area (Å²) in [6.45, 7) is 0. The van der Waals surface area contributed by atoms with Gasteiger partial charge in [-0.05, 0) is 18.2 Å². The third-order valence-electron chi connectivity index (χ3n) is 2.69. The van der Waals surface area contributed by atoms with Crippen molar-refractivity contribution in [1.29, 1.82) is 0 Å². The first kappa shape index (κ1) is 14.6. The van der Waals surface area contributed by atoms with E-state index in [-0.39, 0.29) is 17.0 Å². The van der Waals surface area contributed by atoms with E-state index in [0.29, 0.717) is 0 Å². The molecule has 0 aliphatic carbocycles. The fraction of sp³-hybridized carbons (Fsp3) is 0.0714. The van der Waals surface area contributed by atoms with Gasteiger partial charge in [0, 0.05) is 18.8 Å². The van der Waals surface area contributed by atoms with Gasteiger partial charge in [-0.15, -0.1) is 0 Å². The Morgan fingerprint density at radius 2 is 2.10 bits per heavy atom. The summed E-state index contributed by atoms with van der Waals surface area (Å²) in [6.07, 6.45) is 3.70. The average Bonchev–Trinajstić information content (AvgIpc) is 2.48. The molecule has 0 aliphatic rings. The zero-order valence-electron chi connectivity index (χ0n) is 11.0. The van der Waals surface area contributed by atoms with Crippen LogP contribution in [0.15, 0.2) is 29.2 Å². The van der Waals surface area contributed by atoms with Gasteiger partial charge in [-0.25, -0.2) is 13.8 Å². The van der Waals surface area contributed by atoms with Crippen LogP contribution in [0, 0.1) is 11.6 Å². The second kappa shape index (κ2) is 6.08. The number of benzene rings is 1. The van der Waals surface area contributed by atoms with Crippen molar-refractivity contribution in [3.05, 3.63) is 63.3 Å². The first-order valence-corrected chi connectivity index (χ1v) is 5.96. The van der Waals surface area contributed by atoms with Crippen molar-refractivity contribution in [2.75, 3.05) is 7.05 Å². The second-order valence-electron chi connectivity index (χ2n) is 4.07. The number of aromatic nitrogens is 2. The van der Waals surface area contributed by atoms with Crippen LogP contribution >= 0.6 is 0 Å². The van der Waals surface area contributed by atoms with Crippen molar-refractivity contribution in [1.82, 2.24) is 15.3 Å². The van der Waals surface area contributed by atoms with E-state index in [0.717, 1.165) is 12.3 Å². The Kier molecular flexibility index (Phi) is 4.22. The van der Waals surface area contributed by atoms with Crippen molar-refractivity contribution >= 4 is 18.1 Å². The van der Waals surface area contributed by atoms with Crippen LogP contribution in [0.4, 0.5) is 8.78 Å².